The molecule has 360 valence electrons. The maximum atomic E-state index is 14.2. The first kappa shape index (κ1) is 57.2. The summed E-state index contributed by atoms with van der Waals surface area (Å²) in [7, 11) is 0. The van der Waals surface area contributed by atoms with Crippen LogP contribution in [0, 0.1) is 11.8 Å². The van der Waals surface area contributed by atoms with Crippen LogP contribution in [0.15, 0.2) is 0 Å². The van der Waals surface area contributed by atoms with Crippen LogP contribution in [0.3, 0.4) is 0 Å². The molecule has 0 radical (unpaired) electrons. The Labute approximate surface area is 374 Å². The summed E-state index contributed by atoms with van der Waals surface area (Å²) < 4.78 is 6.25. The Kier molecular flexibility index (Phi) is 34.3. The van der Waals surface area contributed by atoms with Gasteiger partial charge in [-0.1, -0.05) is 202 Å². The van der Waals surface area contributed by atoms with Gasteiger partial charge in [-0.3, -0.25) is 14.4 Å². The molecule has 1 aliphatic rings. The predicted octanol–water partition coefficient (Wildman–Crippen LogP) is 9.61. The fraction of sp³-hybridized carbons (Fsp3) is 0.940. The van der Waals surface area contributed by atoms with Crippen molar-refractivity contribution in [2.75, 3.05) is 13.2 Å². The number of nitrogens with zero attached hydrogens (tertiary/aromatic N) is 1. The Morgan fingerprint density at radius 3 is 1.41 bits per heavy atom. The second-order valence-electron chi connectivity index (χ2n) is 19.4. The quantitative estimate of drug-likeness (QED) is 0.0331. The highest BCUT2D eigenvalue weighted by Gasteiger charge is 2.48. The standard InChI is InChI=1S/C50H98N4O7/c1-7-9-11-13-15-17-19-21-22-23-24-26-28-30-32-34-44(56)54(35-33-31-29-27-25-20-18-16-14-12-10-8-2)50-45(47(58)46(57)43(38-55)61-50)53-49(60)42(37-40(5)6)52-48(59)41(51)36-39(3)4/h39-43,45-47,50,55,57-58H,7-38,51H2,1-6H3,(H,52,59)(H,53,60)/t41-,42-,43+,45+,46+,47+,50+/m0/s1. The van der Waals surface area contributed by atoms with Crippen LogP contribution in [-0.4, -0.2) is 93.8 Å². The van der Waals surface area contributed by atoms with Crippen LogP contribution in [0.4, 0.5) is 0 Å². The van der Waals surface area contributed by atoms with Crippen molar-refractivity contribution in [3.63, 3.8) is 0 Å². The third-order valence-electron chi connectivity index (χ3n) is 12.5. The van der Waals surface area contributed by atoms with E-state index in [-0.39, 0.29) is 17.7 Å². The van der Waals surface area contributed by atoms with Crippen LogP contribution in [-0.2, 0) is 19.1 Å². The summed E-state index contributed by atoms with van der Waals surface area (Å²) >= 11 is 0. The Balaban J connectivity index is 2.97. The normalized spacial score (nSPS) is 20.2. The van der Waals surface area contributed by atoms with E-state index in [2.05, 4.69) is 24.5 Å². The molecule has 1 rings (SSSR count). The van der Waals surface area contributed by atoms with E-state index >= 15 is 0 Å². The lowest BCUT2D eigenvalue weighted by Gasteiger charge is -2.47. The molecule has 0 aromatic heterocycles. The number of amides is 3. The van der Waals surface area contributed by atoms with Gasteiger partial charge < -0.3 is 41.3 Å². The number of hydrogen-bond acceptors (Lipinski definition) is 8. The van der Waals surface area contributed by atoms with E-state index in [0.717, 1.165) is 51.4 Å². The van der Waals surface area contributed by atoms with Crippen molar-refractivity contribution in [1.82, 2.24) is 15.5 Å². The van der Waals surface area contributed by atoms with E-state index in [1.165, 1.54) is 122 Å². The number of ether oxygens (including phenoxy) is 1. The van der Waals surface area contributed by atoms with Crippen LogP contribution < -0.4 is 16.4 Å². The van der Waals surface area contributed by atoms with Gasteiger partial charge in [0.15, 0.2) is 6.23 Å². The summed E-state index contributed by atoms with van der Waals surface area (Å²) in [6.07, 6.45) is 28.4. The highest BCUT2D eigenvalue weighted by atomic mass is 16.5. The Morgan fingerprint density at radius 1 is 0.590 bits per heavy atom. The Bertz CT molecular complexity index is 1090. The van der Waals surface area contributed by atoms with Crippen LogP contribution in [0.2, 0.25) is 0 Å². The van der Waals surface area contributed by atoms with Gasteiger partial charge in [0.2, 0.25) is 17.7 Å². The number of rotatable bonds is 39. The summed E-state index contributed by atoms with van der Waals surface area (Å²) in [6, 6.07) is -2.93. The molecule has 1 heterocycles. The lowest BCUT2D eigenvalue weighted by atomic mass is 9.93. The SMILES string of the molecule is CCCCCCCCCCCCCCCCCC(=O)N(CCCCCCCCCCCCCC)[C@@H]1O[C@H](CO)[C@@H](O)[C@H](O)[C@H]1NC(=O)[C@H](CC(C)C)NC(=O)[C@@H](N)CC(C)C. The van der Waals surface area contributed by atoms with Gasteiger partial charge in [0.1, 0.15) is 30.4 Å². The summed E-state index contributed by atoms with van der Waals surface area (Å²) in [5.74, 6) is -0.874. The minimum Gasteiger partial charge on any atom is -0.394 e. The molecule has 1 fully saturated rings. The van der Waals surface area contributed by atoms with Crippen LogP contribution >= 0.6 is 0 Å². The van der Waals surface area contributed by atoms with Crippen LogP contribution in [0.5, 0.6) is 0 Å². The van der Waals surface area contributed by atoms with Crippen molar-refractivity contribution in [1.29, 1.82) is 0 Å². The minimum absolute atomic E-state index is 0.0452. The number of unbranched alkanes of at least 4 members (excludes halogenated alkanes) is 25. The maximum absolute atomic E-state index is 14.2. The van der Waals surface area contributed by atoms with Crippen molar-refractivity contribution in [3.8, 4) is 0 Å². The van der Waals surface area contributed by atoms with Crippen molar-refractivity contribution in [2.45, 2.75) is 277 Å². The number of aliphatic hydroxyl groups is 3. The van der Waals surface area contributed by atoms with Crippen molar-refractivity contribution < 1.29 is 34.4 Å². The molecule has 0 spiro atoms. The first-order valence-electron chi connectivity index (χ1n) is 25.7. The first-order valence-corrected chi connectivity index (χ1v) is 25.7. The zero-order chi connectivity index (χ0) is 45.3. The summed E-state index contributed by atoms with van der Waals surface area (Å²) in [5.41, 5.74) is 6.18. The zero-order valence-corrected chi connectivity index (χ0v) is 40.3. The second-order valence-corrected chi connectivity index (χ2v) is 19.4. The predicted molar refractivity (Wildman–Crippen MR) is 251 cm³/mol. The van der Waals surface area contributed by atoms with Gasteiger partial charge >= 0.3 is 0 Å². The number of nitrogens with one attached hydrogen (secondary N) is 2. The summed E-state index contributed by atoms with van der Waals surface area (Å²) in [5, 5.41) is 38.4. The molecule has 7 N–H and O–H groups in total. The molecular formula is C50H98N4O7. The Hall–Kier alpha value is -1.79. The van der Waals surface area contributed by atoms with Crippen LogP contribution in [0.1, 0.15) is 234 Å². The van der Waals surface area contributed by atoms with E-state index < -0.39 is 61.1 Å². The third-order valence-corrected chi connectivity index (χ3v) is 12.5. The molecule has 1 aliphatic heterocycles. The molecule has 3 amide bonds. The molecule has 0 saturated carbocycles. The maximum Gasteiger partial charge on any atom is 0.243 e. The number of nitrogens with two attached hydrogens (primary N) is 1. The molecule has 61 heavy (non-hydrogen) atoms. The summed E-state index contributed by atoms with van der Waals surface area (Å²) in [4.78, 5) is 42.9. The van der Waals surface area contributed by atoms with Gasteiger partial charge in [-0.05, 0) is 37.5 Å². The first-order chi connectivity index (χ1) is 29.4. The fourth-order valence-corrected chi connectivity index (χ4v) is 8.69. The van der Waals surface area contributed by atoms with Gasteiger partial charge in [-0.15, -0.1) is 0 Å². The second kappa shape index (κ2) is 36.5. The van der Waals surface area contributed by atoms with Crippen LogP contribution in [0.25, 0.3) is 0 Å². The molecule has 11 heteroatoms. The average Bonchev–Trinajstić information content (AvgIpc) is 3.22. The molecule has 11 nitrogen and oxygen atoms in total. The van der Waals surface area contributed by atoms with E-state index in [4.69, 9.17) is 10.5 Å². The minimum atomic E-state index is -1.53. The molecular weight excluding hydrogens is 769 g/mol. The molecule has 7 atom stereocenters. The van der Waals surface area contributed by atoms with E-state index in [1.54, 1.807) is 4.90 Å². The zero-order valence-electron chi connectivity index (χ0n) is 40.3. The smallest absolute Gasteiger partial charge is 0.243 e. The van der Waals surface area contributed by atoms with Crippen molar-refractivity contribution in [2.24, 2.45) is 17.6 Å². The fourth-order valence-electron chi connectivity index (χ4n) is 8.69. The monoisotopic (exact) mass is 867 g/mol. The topological polar surface area (TPSA) is 174 Å². The van der Waals surface area contributed by atoms with E-state index in [0.29, 0.717) is 25.8 Å². The molecule has 0 aromatic rings. The Morgan fingerprint density at radius 2 is 1.00 bits per heavy atom. The molecule has 1 saturated heterocycles. The van der Waals surface area contributed by atoms with E-state index in [9.17, 15) is 29.7 Å². The van der Waals surface area contributed by atoms with Gasteiger partial charge in [0.25, 0.3) is 0 Å². The van der Waals surface area contributed by atoms with Gasteiger partial charge in [-0.25, -0.2) is 0 Å². The lowest BCUT2D eigenvalue weighted by Crippen LogP contribution is -2.70. The average molecular weight is 867 g/mol. The van der Waals surface area contributed by atoms with Crippen molar-refractivity contribution in [3.05, 3.63) is 0 Å². The number of carbonyl (C=O) groups excluding carboxylic acids is 3. The van der Waals surface area contributed by atoms with Crippen molar-refractivity contribution >= 4 is 17.7 Å². The largest absolute Gasteiger partial charge is 0.394 e. The molecule has 0 aromatic carbocycles. The lowest BCUT2D eigenvalue weighted by molar-refractivity contribution is -0.231. The van der Waals surface area contributed by atoms with E-state index in [1.807, 2.05) is 27.7 Å². The highest BCUT2D eigenvalue weighted by Crippen LogP contribution is 2.26. The van der Waals surface area contributed by atoms with Gasteiger partial charge in [0.05, 0.1) is 12.6 Å². The highest BCUT2D eigenvalue weighted by molar-refractivity contribution is 5.90. The molecule has 0 bridgehead atoms. The summed E-state index contributed by atoms with van der Waals surface area (Å²) in [6.45, 7) is 12.2. The number of hydrogen-bond donors (Lipinski definition) is 6. The van der Waals surface area contributed by atoms with Gasteiger partial charge in [-0.2, -0.15) is 0 Å². The number of carbonyl (C=O) groups is 3. The molecule has 0 unspecified atom stereocenters. The molecule has 0 aliphatic carbocycles. The van der Waals surface area contributed by atoms with Gasteiger partial charge in [0, 0.05) is 13.0 Å². The third kappa shape index (κ3) is 26.6. The number of aliphatic hydroxyl groups excluding tert-OH is 3.